The number of benzene rings is 2. The molecule has 0 spiro atoms. The van der Waals surface area contributed by atoms with E-state index in [2.05, 4.69) is 5.32 Å². The van der Waals surface area contributed by atoms with Crippen LogP contribution >= 0.6 is 0 Å². The van der Waals surface area contributed by atoms with Gasteiger partial charge in [0.15, 0.2) is 0 Å². The summed E-state index contributed by atoms with van der Waals surface area (Å²) in [6.07, 6.45) is 0.286. The quantitative estimate of drug-likeness (QED) is 0.917. The van der Waals surface area contributed by atoms with E-state index in [1.165, 1.54) is 0 Å². The Balaban J connectivity index is 2.08. The second-order valence-electron chi connectivity index (χ2n) is 4.73. The van der Waals surface area contributed by atoms with Crippen molar-refractivity contribution >= 4 is 11.6 Å². The molecule has 4 nitrogen and oxygen atoms in total. The molecule has 0 radical (unpaired) electrons. The first-order chi connectivity index (χ1) is 10.1. The van der Waals surface area contributed by atoms with Crippen LogP contribution in [0.25, 0.3) is 0 Å². The zero-order valence-corrected chi connectivity index (χ0v) is 12.5. The second kappa shape index (κ2) is 6.79. The molecule has 0 heterocycles. The van der Waals surface area contributed by atoms with Crippen LogP contribution in [0, 0.1) is 6.92 Å². The Hall–Kier alpha value is -2.49. The van der Waals surface area contributed by atoms with Crippen LogP contribution in [-0.2, 0) is 11.2 Å². The highest BCUT2D eigenvalue weighted by atomic mass is 16.5. The van der Waals surface area contributed by atoms with Crippen molar-refractivity contribution < 1.29 is 14.3 Å². The molecule has 110 valence electrons. The standard InChI is InChI=1S/C17H19NO3/c1-12-8-9-13(10-16(12)21-3)11-17(19)18-14-6-4-5-7-15(14)20-2/h4-10H,11H2,1-3H3,(H,18,19). The van der Waals surface area contributed by atoms with Gasteiger partial charge in [0.05, 0.1) is 26.3 Å². The molecule has 1 N–H and O–H groups in total. The third-order valence-corrected chi connectivity index (χ3v) is 3.22. The molecule has 1 amide bonds. The summed E-state index contributed by atoms with van der Waals surface area (Å²) >= 11 is 0. The summed E-state index contributed by atoms with van der Waals surface area (Å²) in [5, 5.41) is 2.86. The summed E-state index contributed by atoms with van der Waals surface area (Å²) in [5.74, 6) is 1.34. The van der Waals surface area contributed by atoms with E-state index in [0.717, 1.165) is 16.9 Å². The average Bonchev–Trinajstić information content (AvgIpc) is 2.49. The third-order valence-electron chi connectivity index (χ3n) is 3.22. The minimum Gasteiger partial charge on any atom is -0.496 e. The van der Waals surface area contributed by atoms with Crippen molar-refractivity contribution in [1.29, 1.82) is 0 Å². The molecule has 0 fully saturated rings. The van der Waals surface area contributed by atoms with Gasteiger partial charge in [-0.15, -0.1) is 0 Å². The highest BCUT2D eigenvalue weighted by Crippen LogP contribution is 2.24. The highest BCUT2D eigenvalue weighted by molar-refractivity contribution is 5.93. The molecular formula is C17H19NO3. The molecule has 0 aromatic heterocycles. The molecule has 0 unspecified atom stereocenters. The van der Waals surface area contributed by atoms with E-state index < -0.39 is 0 Å². The van der Waals surface area contributed by atoms with Crippen molar-refractivity contribution in [2.75, 3.05) is 19.5 Å². The number of ether oxygens (including phenoxy) is 2. The molecule has 0 aliphatic carbocycles. The summed E-state index contributed by atoms with van der Waals surface area (Å²) in [5.41, 5.74) is 2.63. The summed E-state index contributed by atoms with van der Waals surface area (Å²) < 4.78 is 10.5. The second-order valence-corrected chi connectivity index (χ2v) is 4.73. The number of hydrogen-bond acceptors (Lipinski definition) is 3. The molecule has 2 aromatic rings. The van der Waals surface area contributed by atoms with E-state index >= 15 is 0 Å². The molecule has 2 aromatic carbocycles. The summed E-state index contributed by atoms with van der Waals surface area (Å²) in [7, 11) is 3.21. The first-order valence-electron chi connectivity index (χ1n) is 6.70. The van der Waals surface area contributed by atoms with Gasteiger partial charge in [-0.05, 0) is 36.2 Å². The van der Waals surface area contributed by atoms with Crippen LogP contribution in [0.15, 0.2) is 42.5 Å². The van der Waals surface area contributed by atoms with E-state index in [0.29, 0.717) is 11.4 Å². The highest BCUT2D eigenvalue weighted by Gasteiger charge is 2.09. The van der Waals surface area contributed by atoms with Crippen LogP contribution in [0.5, 0.6) is 11.5 Å². The molecule has 0 atom stereocenters. The zero-order chi connectivity index (χ0) is 15.2. The van der Waals surface area contributed by atoms with Gasteiger partial charge in [0.1, 0.15) is 11.5 Å². The molecule has 2 rings (SSSR count). The topological polar surface area (TPSA) is 47.6 Å². The van der Waals surface area contributed by atoms with Crippen molar-refractivity contribution in [3.8, 4) is 11.5 Å². The van der Waals surface area contributed by atoms with Gasteiger partial charge < -0.3 is 14.8 Å². The first-order valence-corrected chi connectivity index (χ1v) is 6.70. The lowest BCUT2D eigenvalue weighted by Gasteiger charge is -2.11. The van der Waals surface area contributed by atoms with E-state index in [1.807, 2.05) is 49.4 Å². The monoisotopic (exact) mass is 285 g/mol. The molecule has 0 bridgehead atoms. The van der Waals surface area contributed by atoms with Gasteiger partial charge in [-0.3, -0.25) is 4.79 Å². The van der Waals surface area contributed by atoms with Gasteiger partial charge in [0.25, 0.3) is 0 Å². The zero-order valence-electron chi connectivity index (χ0n) is 12.5. The maximum atomic E-state index is 12.1. The van der Waals surface area contributed by atoms with Crippen molar-refractivity contribution in [1.82, 2.24) is 0 Å². The van der Waals surface area contributed by atoms with Crippen LogP contribution in [0.4, 0.5) is 5.69 Å². The Morgan fingerprint density at radius 1 is 1.05 bits per heavy atom. The number of carbonyl (C=O) groups excluding carboxylic acids is 1. The lowest BCUT2D eigenvalue weighted by atomic mass is 10.1. The Morgan fingerprint density at radius 2 is 1.76 bits per heavy atom. The number of carbonyl (C=O) groups is 1. The number of rotatable bonds is 5. The third kappa shape index (κ3) is 3.75. The number of methoxy groups -OCH3 is 2. The molecule has 21 heavy (non-hydrogen) atoms. The normalized spacial score (nSPS) is 10.0. The van der Waals surface area contributed by atoms with Crippen LogP contribution in [-0.4, -0.2) is 20.1 Å². The molecule has 0 saturated heterocycles. The van der Waals surface area contributed by atoms with Crippen LogP contribution < -0.4 is 14.8 Å². The minimum absolute atomic E-state index is 0.0922. The van der Waals surface area contributed by atoms with E-state index in [-0.39, 0.29) is 12.3 Å². The largest absolute Gasteiger partial charge is 0.496 e. The fraction of sp³-hybridized carbons (Fsp3) is 0.235. The van der Waals surface area contributed by atoms with Crippen LogP contribution in [0.3, 0.4) is 0 Å². The smallest absolute Gasteiger partial charge is 0.228 e. The SMILES string of the molecule is COc1cc(CC(=O)Nc2ccccc2OC)ccc1C. The maximum Gasteiger partial charge on any atom is 0.228 e. The number of anilines is 1. The van der Waals surface area contributed by atoms with Gasteiger partial charge in [0, 0.05) is 0 Å². The number of aryl methyl sites for hydroxylation is 1. The molecular weight excluding hydrogens is 266 g/mol. The fourth-order valence-corrected chi connectivity index (χ4v) is 2.10. The van der Waals surface area contributed by atoms with E-state index in [4.69, 9.17) is 9.47 Å². The molecule has 0 saturated carbocycles. The summed E-state index contributed by atoms with van der Waals surface area (Å²) in [6.45, 7) is 1.97. The Kier molecular flexibility index (Phi) is 4.82. The summed E-state index contributed by atoms with van der Waals surface area (Å²) in [6, 6.07) is 13.1. The predicted molar refractivity (Wildman–Crippen MR) is 83.1 cm³/mol. The lowest BCUT2D eigenvalue weighted by Crippen LogP contribution is -2.15. The van der Waals surface area contributed by atoms with Crippen molar-refractivity contribution in [3.05, 3.63) is 53.6 Å². The molecule has 4 heteroatoms. The first kappa shape index (κ1) is 14.9. The van der Waals surface area contributed by atoms with Gasteiger partial charge >= 0.3 is 0 Å². The van der Waals surface area contributed by atoms with Gasteiger partial charge in [0.2, 0.25) is 5.91 Å². The van der Waals surface area contributed by atoms with Crippen LogP contribution in [0.1, 0.15) is 11.1 Å². The van der Waals surface area contributed by atoms with E-state index in [9.17, 15) is 4.79 Å². The lowest BCUT2D eigenvalue weighted by molar-refractivity contribution is -0.115. The predicted octanol–water partition coefficient (Wildman–Crippen LogP) is 3.19. The summed E-state index contributed by atoms with van der Waals surface area (Å²) in [4.78, 5) is 12.1. The number of hydrogen-bond donors (Lipinski definition) is 1. The number of amides is 1. The van der Waals surface area contributed by atoms with E-state index in [1.54, 1.807) is 14.2 Å². The Morgan fingerprint density at radius 3 is 2.48 bits per heavy atom. The van der Waals surface area contributed by atoms with Crippen molar-refractivity contribution in [3.63, 3.8) is 0 Å². The Labute approximate surface area is 124 Å². The number of para-hydroxylation sites is 2. The van der Waals surface area contributed by atoms with Gasteiger partial charge in [-0.2, -0.15) is 0 Å². The average molecular weight is 285 g/mol. The fourth-order valence-electron chi connectivity index (χ4n) is 2.10. The molecule has 0 aliphatic rings. The van der Waals surface area contributed by atoms with Gasteiger partial charge in [-0.1, -0.05) is 24.3 Å². The Bertz CT molecular complexity index is 638. The maximum absolute atomic E-state index is 12.1. The van der Waals surface area contributed by atoms with Crippen LogP contribution in [0.2, 0.25) is 0 Å². The van der Waals surface area contributed by atoms with Gasteiger partial charge in [-0.25, -0.2) is 0 Å². The minimum atomic E-state index is -0.0922. The van der Waals surface area contributed by atoms with Crippen molar-refractivity contribution in [2.24, 2.45) is 0 Å². The van der Waals surface area contributed by atoms with Crippen molar-refractivity contribution in [2.45, 2.75) is 13.3 Å². The molecule has 0 aliphatic heterocycles. The number of nitrogens with one attached hydrogen (secondary N) is 1.